The van der Waals surface area contributed by atoms with Crippen LogP contribution < -0.4 is 0 Å². The number of esters is 2. The minimum atomic E-state index is -1.14. The van der Waals surface area contributed by atoms with Crippen LogP contribution in [-0.4, -0.2) is 11.9 Å². The summed E-state index contributed by atoms with van der Waals surface area (Å²) < 4.78 is 5.14. The Balaban J connectivity index is 3.99. The van der Waals surface area contributed by atoms with Crippen molar-refractivity contribution < 1.29 is 14.3 Å². The fourth-order valence-corrected chi connectivity index (χ4v) is 3.21. The van der Waals surface area contributed by atoms with Gasteiger partial charge in [-0.2, -0.15) is 0 Å². The van der Waals surface area contributed by atoms with Crippen LogP contribution in [0.1, 0.15) is 55.4 Å². The number of carbonyl (C=O) groups excluding carboxylic acids is 2. The van der Waals surface area contributed by atoms with Gasteiger partial charge in [-0.15, -0.1) is 0 Å². The Morgan fingerprint density at radius 3 is 1.00 bits per heavy atom. The summed E-state index contributed by atoms with van der Waals surface area (Å²) in [6, 6.07) is 0. The summed E-state index contributed by atoms with van der Waals surface area (Å²) >= 11 is 0. The molecule has 0 aromatic rings. The zero-order valence-electron chi connectivity index (χ0n) is 15.5. The van der Waals surface area contributed by atoms with Crippen LogP contribution in [0.3, 0.4) is 0 Å². The Labute approximate surface area is 139 Å². The van der Waals surface area contributed by atoms with Gasteiger partial charge in [0.1, 0.15) is 10.8 Å². The highest BCUT2D eigenvalue weighted by Crippen LogP contribution is 2.53. The number of carbonyl (C=O) groups is 2. The maximum Gasteiger partial charge on any atom is 0.329 e. The molecule has 23 heavy (non-hydrogen) atoms. The second-order valence-electron chi connectivity index (χ2n) is 7.30. The molecule has 0 saturated carbocycles. The van der Waals surface area contributed by atoms with Crippen LogP contribution >= 0.6 is 0 Å². The van der Waals surface area contributed by atoms with Crippen molar-refractivity contribution in [1.82, 2.24) is 0 Å². The summed E-state index contributed by atoms with van der Waals surface area (Å²) in [4.78, 5) is 25.5. The number of ether oxygens (including phenoxy) is 1. The number of cyclic esters (lactones) is 2. The van der Waals surface area contributed by atoms with Gasteiger partial charge in [-0.3, -0.25) is 9.59 Å². The van der Waals surface area contributed by atoms with Gasteiger partial charge in [0.05, 0.1) is 0 Å². The zero-order chi connectivity index (χ0) is 18.0. The van der Waals surface area contributed by atoms with Crippen molar-refractivity contribution in [1.29, 1.82) is 0 Å². The lowest BCUT2D eigenvalue weighted by atomic mass is 9.62. The van der Waals surface area contributed by atoms with Crippen molar-refractivity contribution in [3.8, 4) is 0 Å². The molecule has 3 heteroatoms. The molecular formula is C20H28O3. The Hall–Kier alpha value is -1.90. The maximum atomic E-state index is 12.8. The second-order valence-corrected chi connectivity index (χ2v) is 7.30. The van der Waals surface area contributed by atoms with E-state index in [4.69, 9.17) is 4.74 Å². The van der Waals surface area contributed by atoms with Crippen molar-refractivity contribution in [2.45, 2.75) is 55.4 Å². The van der Waals surface area contributed by atoms with Crippen LogP contribution in [0.25, 0.3) is 0 Å². The topological polar surface area (TPSA) is 43.4 Å². The number of hydrogen-bond donors (Lipinski definition) is 0. The highest BCUT2D eigenvalue weighted by atomic mass is 16.6. The van der Waals surface area contributed by atoms with E-state index in [2.05, 4.69) is 0 Å². The van der Waals surface area contributed by atoms with Crippen LogP contribution in [-0.2, 0) is 14.3 Å². The lowest BCUT2D eigenvalue weighted by Gasteiger charge is -2.33. The molecule has 1 aliphatic rings. The van der Waals surface area contributed by atoms with Gasteiger partial charge >= 0.3 is 11.9 Å². The molecule has 1 heterocycles. The molecule has 0 bridgehead atoms. The largest absolute Gasteiger partial charge is 0.391 e. The molecule has 0 spiro atoms. The minimum absolute atomic E-state index is 0.514. The Morgan fingerprint density at radius 2 is 0.826 bits per heavy atom. The van der Waals surface area contributed by atoms with Gasteiger partial charge in [-0.25, -0.2) is 0 Å². The molecule has 1 saturated heterocycles. The van der Waals surface area contributed by atoms with E-state index < -0.39 is 22.8 Å². The summed E-state index contributed by atoms with van der Waals surface area (Å²) in [6.45, 7) is 15.4. The van der Waals surface area contributed by atoms with E-state index in [9.17, 15) is 9.59 Å². The van der Waals surface area contributed by atoms with Crippen LogP contribution in [0.4, 0.5) is 0 Å². The first-order valence-electron chi connectivity index (χ1n) is 7.88. The first-order chi connectivity index (χ1) is 10.5. The normalized spacial score (nSPS) is 17.9. The van der Waals surface area contributed by atoms with Crippen molar-refractivity contribution in [2.75, 3.05) is 0 Å². The van der Waals surface area contributed by atoms with Gasteiger partial charge in [-0.05, 0) is 55.4 Å². The van der Waals surface area contributed by atoms with Crippen LogP contribution in [0.2, 0.25) is 0 Å². The summed E-state index contributed by atoms with van der Waals surface area (Å²) in [5.74, 6) is -1.03. The van der Waals surface area contributed by atoms with Crippen molar-refractivity contribution in [2.24, 2.45) is 10.8 Å². The van der Waals surface area contributed by atoms with E-state index in [1.807, 2.05) is 79.7 Å². The third kappa shape index (κ3) is 3.54. The molecule has 0 amide bonds. The average molecular weight is 316 g/mol. The fraction of sp³-hybridized carbons (Fsp3) is 0.500. The van der Waals surface area contributed by atoms with Gasteiger partial charge in [0.25, 0.3) is 0 Å². The monoisotopic (exact) mass is 316 g/mol. The standard InChI is InChI=1S/C20H28O3/c1-13(2)9-19(10-14(3)4)17(21)23-18(22)20(19,11-15(5)6)12-16(7)8/h9-12H,1-8H3. The lowest BCUT2D eigenvalue weighted by Crippen LogP contribution is -2.40. The zero-order valence-corrected chi connectivity index (χ0v) is 15.5. The molecule has 0 aromatic carbocycles. The van der Waals surface area contributed by atoms with Gasteiger partial charge < -0.3 is 4.74 Å². The molecule has 3 nitrogen and oxygen atoms in total. The summed E-state index contributed by atoms with van der Waals surface area (Å²) in [7, 11) is 0. The second kappa shape index (κ2) is 6.69. The smallest absolute Gasteiger partial charge is 0.329 e. The van der Waals surface area contributed by atoms with Crippen molar-refractivity contribution in [3.05, 3.63) is 46.6 Å². The summed E-state index contributed by atoms with van der Waals surface area (Å²) in [6.07, 6.45) is 7.41. The molecule has 1 aliphatic heterocycles. The summed E-state index contributed by atoms with van der Waals surface area (Å²) in [5, 5.41) is 0. The molecule has 0 N–H and O–H groups in total. The third-order valence-corrected chi connectivity index (χ3v) is 3.61. The quantitative estimate of drug-likeness (QED) is 0.420. The summed E-state index contributed by atoms with van der Waals surface area (Å²) in [5.41, 5.74) is 1.56. The third-order valence-electron chi connectivity index (χ3n) is 3.61. The molecule has 1 fully saturated rings. The van der Waals surface area contributed by atoms with E-state index >= 15 is 0 Å². The molecular weight excluding hydrogens is 288 g/mol. The number of allylic oxidation sites excluding steroid dienone is 4. The van der Waals surface area contributed by atoms with Gasteiger partial charge in [0, 0.05) is 0 Å². The van der Waals surface area contributed by atoms with E-state index in [-0.39, 0.29) is 0 Å². The number of rotatable bonds is 4. The maximum absolute atomic E-state index is 12.8. The fourth-order valence-electron chi connectivity index (χ4n) is 3.21. The Bertz CT molecular complexity index is 534. The van der Waals surface area contributed by atoms with Gasteiger partial charge in [0.2, 0.25) is 0 Å². The molecule has 126 valence electrons. The van der Waals surface area contributed by atoms with E-state index in [1.54, 1.807) is 0 Å². The van der Waals surface area contributed by atoms with Crippen molar-refractivity contribution >= 4 is 11.9 Å². The predicted octanol–water partition coefficient (Wildman–Crippen LogP) is 4.91. The van der Waals surface area contributed by atoms with E-state index in [0.29, 0.717) is 0 Å². The highest BCUT2D eigenvalue weighted by molar-refractivity contribution is 6.07. The first kappa shape index (κ1) is 19.1. The minimum Gasteiger partial charge on any atom is -0.391 e. The molecule has 0 atom stereocenters. The first-order valence-corrected chi connectivity index (χ1v) is 7.88. The highest BCUT2D eigenvalue weighted by Gasteiger charge is 2.64. The van der Waals surface area contributed by atoms with E-state index in [0.717, 1.165) is 22.3 Å². The SMILES string of the molecule is CC(C)=CC1(C=C(C)C)C(=O)OC(=O)C1(C=C(C)C)C=C(C)C. The average Bonchev–Trinajstić information content (AvgIpc) is 2.48. The van der Waals surface area contributed by atoms with Crippen LogP contribution in [0.5, 0.6) is 0 Å². The predicted molar refractivity (Wildman–Crippen MR) is 93.7 cm³/mol. The van der Waals surface area contributed by atoms with Crippen LogP contribution in [0, 0.1) is 10.8 Å². The lowest BCUT2D eigenvalue weighted by molar-refractivity contribution is -0.154. The molecule has 0 unspecified atom stereocenters. The molecule has 0 radical (unpaired) electrons. The van der Waals surface area contributed by atoms with Gasteiger partial charge in [-0.1, -0.05) is 46.6 Å². The van der Waals surface area contributed by atoms with E-state index in [1.165, 1.54) is 0 Å². The molecule has 0 aromatic heterocycles. The van der Waals surface area contributed by atoms with Crippen LogP contribution in [0.15, 0.2) is 46.6 Å². The molecule has 0 aliphatic carbocycles. The van der Waals surface area contributed by atoms with Gasteiger partial charge in [0.15, 0.2) is 0 Å². The van der Waals surface area contributed by atoms with Crippen molar-refractivity contribution in [3.63, 3.8) is 0 Å². The Morgan fingerprint density at radius 1 is 0.609 bits per heavy atom. The Kier molecular flexibility index (Phi) is 5.57. The number of hydrogen-bond acceptors (Lipinski definition) is 3. The molecule has 1 rings (SSSR count).